The molecule has 0 aliphatic carbocycles. The summed E-state index contributed by atoms with van der Waals surface area (Å²) in [4.78, 5) is 16.8. The lowest BCUT2D eigenvalue weighted by atomic mass is 10.1. The maximum Gasteiger partial charge on any atom is 0.233 e. The zero-order chi connectivity index (χ0) is 20.1. The minimum Gasteiger partial charge on any atom is -0.368 e. The summed E-state index contributed by atoms with van der Waals surface area (Å²) in [5.41, 5.74) is 2.97. The molecule has 0 atom stereocenters. The number of piperazine rings is 1. The van der Waals surface area contributed by atoms with Gasteiger partial charge in [-0.05, 0) is 30.3 Å². The van der Waals surface area contributed by atoms with Crippen LogP contribution in [-0.4, -0.2) is 52.9 Å². The number of amides is 1. The number of hydrogen-bond acceptors (Lipinski definition) is 5. The van der Waals surface area contributed by atoms with Gasteiger partial charge in [0.05, 0.1) is 11.4 Å². The first-order valence-electron chi connectivity index (χ1n) is 9.49. The molecule has 1 aromatic heterocycles. The summed E-state index contributed by atoms with van der Waals surface area (Å²) >= 11 is 7.51. The smallest absolute Gasteiger partial charge is 0.233 e. The van der Waals surface area contributed by atoms with Crippen molar-refractivity contribution in [1.29, 1.82) is 0 Å². The highest BCUT2D eigenvalue weighted by Crippen LogP contribution is 2.22. The molecule has 1 fully saturated rings. The van der Waals surface area contributed by atoms with E-state index in [9.17, 15) is 4.79 Å². The fourth-order valence-corrected chi connectivity index (χ4v) is 4.18. The quantitative estimate of drug-likeness (QED) is 0.573. The third-order valence-corrected chi connectivity index (χ3v) is 6.00. The summed E-state index contributed by atoms with van der Waals surface area (Å²) in [6.07, 6.45) is 0. The third kappa shape index (κ3) is 5.08. The van der Waals surface area contributed by atoms with E-state index in [0.717, 1.165) is 40.1 Å². The summed E-state index contributed by atoms with van der Waals surface area (Å²) in [6, 6.07) is 21.6. The van der Waals surface area contributed by atoms with Crippen molar-refractivity contribution in [3.05, 3.63) is 71.8 Å². The van der Waals surface area contributed by atoms with Crippen molar-refractivity contribution in [2.75, 3.05) is 36.8 Å². The van der Waals surface area contributed by atoms with Crippen molar-refractivity contribution >= 4 is 35.0 Å². The van der Waals surface area contributed by atoms with Crippen LogP contribution in [0, 0.1) is 0 Å². The molecule has 4 rings (SSSR count). The Hall–Kier alpha value is -2.57. The average molecular weight is 425 g/mol. The number of hydrogen-bond donors (Lipinski definition) is 0. The summed E-state index contributed by atoms with van der Waals surface area (Å²) in [6.45, 7) is 3.04. The Morgan fingerprint density at radius 1 is 0.931 bits per heavy atom. The second-order valence-corrected chi connectivity index (χ2v) is 8.19. The summed E-state index contributed by atoms with van der Waals surface area (Å²) < 4.78 is 0. The van der Waals surface area contributed by atoms with Crippen molar-refractivity contribution in [1.82, 2.24) is 15.1 Å². The minimum absolute atomic E-state index is 0.134. The highest BCUT2D eigenvalue weighted by atomic mass is 35.5. The number of rotatable bonds is 5. The van der Waals surface area contributed by atoms with Crippen molar-refractivity contribution in [2.24, 2.45) is 0 Å². The summed E-state index contributed by atoms with van der Waals surface area (Å²) in [5.74, 6) is 0.506. The molecule has 0 unspecified atom stereocenters. The van der Waals surface area contributed by atoms with E-state index < -0.39 is 0 Å². The number of carbonyl (C=O) groups is 1. The molecular weight excluding hydrogens is 404 g/mol. The van der Waals surface area contributed by atoms with Gasteiger partial charge in [0.15, 0.2) is 0 Å². The highest BCUT2D eigenvalue weighted by molar-refractivity contribution is 7.99. The molecule has 0 bridgehead atoms. The van der Waals surface area contributed by atoms with Gasteiger partial charge < -0.3 is 9.80 Å². The van der Waals surface area contributed by atoms with Crippen LogP contribution in [0.15, 0.2) is 71.8 Å². The Kier molecular flexibility index (Phi) is 6.32. The van der Waals surface area contributed by atoms with E-state index in [1.807, 2.05) is 65.6 Å². The lowest BCUT2D eigenvalue weighted by molar-refractivity contribution is -0.128. The van der Waals surface area contributed by atoms with Crippen LogP contribution < -0.4 is 4.90 Å². The molecule has 2 heterocycles. The Balaban J connectivity index is 1.27. The van der Waals surface area contributed by atoms with E-state index in [0.29, 0.717) is 18.8 Å². The van der Waals surface area contributed by atoms with Crippen LogP contribution in [-0.2, 0) is 4.79 Å². The molecule has 0 saturated carbocycles. The van der Waals surface area contributed by atoms with E-state index in [1.165, 1.54) is 11.8 Å². The molecular formula is C22H21ClN4OS. The first-order chi connectivity index (χ1) is 14.2. The molecule has 3 aromatic rings. The minimum atomic E-state index is 0.134. The van der Waals surface area contributed by atoms with Gasteiger partial charge in [-0.25, -0.2) is 0 Å². The maximum atomic E-state index is 12.6. The third-order valence-electron chi connectivity index (χ3n) is 4.86. The Morgan fingerprint density at radius 3 is 2.41 bits per heavy atom. The molecule has 29 heavy (non-hydrogen) atoms. The van der Waals surface area contributed by atoms with Gasteiger partial charge in [-0.15, -0.1) is 10.2 Å². The van der Waals surface area contributed by atoms with Gasteiger partial charge in [0.1, 0.15) is 5.03 Å². The van der Waals surface area contributed by atoms with E-state index in [4.69, 9.17) is 11.6 Å². The normalized spacial score (nSPS) is 14.1. The van der Waals surface area contributed by atoms with Gasteiger partial charge in [-0.1, -0.05) is 59.8 Å². The average Bonchev–Trinajstić information content (AvgIpc) is 2.78. The Bertz CT molecular complexity index is 960. The molecule has 0 spiro atoms. The monoisotopic (exact) mass is 424 g/mol. The van der Waals surface area contributed by atoms with Crippen molar-refractivity contribution in [2.45, 2.75) is 5.03 Å². The number of carbonyl (C=O) groups excluding carboxylic acids is 1. The highest BCUT2D eigenvalue weighted by Gasteiger charge is 2.21. The van der Waals surface area contributed by atoms with Crippen LogP contribution in [0.3, 0.4) is 0 Å². The Labute approximate surface area is 179 Å². The van der Waals surface area contributed by atoms with Crippen molar-refractivity contribution in [3.63, 3.8) is 0 Å². The first kappa shape index (κ1) is 19.7. The fourth-order valence-electron chi connectivity index (χ4n) is 3.27. The second-order valence-electron chi connectivity index (χ2n) is 6.76. The predicted octanol–water partition coefficient (Wildman–Crippen LogP) is 4.24. The second kappa shape index (κ2) is 9.29. The van der Waals surface area contributed by atoms with Gasteiger partial charge >= 0.3 is 0 Å². The SMILES string of the molecule is O=C(CSc1ccc(-c2ccccc2)nn1)N1CCN(c2cccc(Cl)c2)CC1. The van der Waals surface area contributed by atoms with Crippen LogP contribution in [0.25, 0.3) is 11.3 Å². The molecule has 1 aliphatic heterocycles. The molecule has 0 radical (unpaired) electrons. The Morgan fingerprint density at radius 2 is 1.72 bits per heavy atom. The number of nitrogens with zero attached hydrogens (tertiary/aromatic N) is 4. The zero-order valence-corrected chi connectivity index (χ0v) is 17.4. The number of thioether (sulfide) groups is 1. The van der Waals surface area contributed by atoms with Crippen LogP contribution in [0.2, 0.25) is 5.02 Å². The van der Waals surface area contributed by atoms with Crippen LogP contribution in [0.4, 0.5) is 5.69 Å². The molecule has 1 amide bonds. The van der Waals surface area contributed by atoms with Gasteiger partial charge in [0.2, 0.25) is 5.91 Å². The fraction of sp³-hybridized carbons (Fsp3) is 0.227. The van der Waals surface area contributed by atoms with E-state index >= 15 is 0 Å². The number of halogens is 1. The molecule has 7 heteroatoms. The maximum absolute atomic E-state index is 12.6. The van der Waals surface area contributed by atoms with Crippen LogP contribution >= 0.6 is 23.4 Å². The molecule has 2 aromatic carbocycles. The lowest BCUT2D eigenvalue weighted by Crippen LogP contribution is -2.49. The van der Waals surface area contributed by atoms with E-state index in [1.54, 1.807) is 0 Å². The predicted molar refractivity (Wildman–Crippen MR) is 118 cm³/mol. The molecule has 148 valence electrons. The van der Waals surface area contributed by atoms with Gasteiger partial charge in [-0.2, -0.15) is 0 Å². The van der Waals surface area contributed by atoms with Crippen LogP contribution in [0.1, 0.15) is 0 Å². The van der Waals surface area contributed by atoms with Crippen LogP contribution in [0.5, 0.6) is 0 Å². The number of aromatic nitrogens is 2. The summed E-state index contributed by atoms with van der Waals surface area (Å²) in [7, 11) is 0. The van der Waals surface area contributed by atoms with Crippen molar-refractivity contribution < 1.29 is 4.79 Å². The molecule has 1 aliphatic rings. The van der Waals surface area contributed by atoms with Gasteiger partial charge in [0, 0.05) is 42.5 Å². The topological polar surface area (TPSA) is 49.3 Å². The zero-order valence-electron chi connectivity index (χ0n) is 15.9. The van der Waals surface area contributed by atoms with E-state index in [-0.39, 0.29) is 5.91 Å². The molecule has 1 saturated heterocycles. The number of anilines is 1. The lowest BCUT2D eigenvalue weighted by Gasteiger charge is -2.36. The first-order valence-corrected chi connectivity index (χ1v) is 10.9. The molecule has 0 N–H and O–H groups in total. The van der Waals surface area contributed by atoms with Gasteiger partial charge in [0.25, 0.3) is 0 Å². The number of benzene rings is 2. The summed E-state index contributed by atoms with van der Waals surface area (Å²) in [5, 5.41) is 10.0. The van der Waals surface area contributed by atoms with E-state index in [2.05, 4.69) is 21.2 Å². The molecule has 5 nitrogen and oxygen atoms in total. The standard InChI is InChI=1S/C22H21ClN4OS/c23-18-7-4-8-19(15-18)26-11-13-27(14-12-26)22(28)16-29-21-10-9-20(24-25-21)17-5-2-1-3-6-17/h1-10,15H,11-14,16H2. The van der Waals surface area contributed by atoms with Gasteiger partial charge in [-0.3, -0.25) is 4.79 Å². The largest absolute Gasteiger partial charge is 0.368 e. The van der Waals surface area contributed by atoms with Crippen molar-refractivity contribution in [3.8, 4) is 11.3 Å².